The van der Waals surface area contributed by atoms with E-state index in [1.165, 1.54) is 25.1 Å². The zero-order valence-electron chi connectivity index (χ0n) is 16.0. The molecule has 1 heterocycles. The summed E-state index contributed by atoms with van der Waals surface area (Å²) in [7, 11) is 1.33. The third kappa shape index (κ3) is 5.98. The Morgan fingerprint density at radius 2 is 2.07 bits per heavy atom. The molecule has 0 aliphatic rings. The van der Waals surface area contributed by atoms with Gasteiger partial charge in [0.25, 0.3) is 0 Å². The average Bonchev–Trinajstić information content (AvgIpc) is 3.23. The number of alkyl carbamates (subject to hydrolysis) is 1. The highest BCUT2D eigenvalue weighted by Crippen LogP contribution is 2.31. The molecule has 0 bridgehead atoms. The Kier molecular flexibility index (Phi) is 8.15. The second kappa shape index (κ2) is 10.8. The molecule has 0 fully saturated rings. The van der Waals surface area contributed by atoms with Gasteiger partial charge >= 0.3 is 6.09 Å². The van der Waals surface area contributed by atoms with Gasteiger partial charge in [0.15, 0.2) is 0 Å². The fourth-order valence-electron chi connectivity index (χ4n) is 2.56. The van der Waals surface area contributed by atoms with E-state index in [1.54, 1.807) is 18.3 Å². The Morgan fingerprint density at radius 3 is 2.83 bits per heavy atom. The number of H-pyrrole nitrogens is 1. The first-order chi connectivity index (χ1) is 14.5. The Bertz CT molecular complexity index is 1030. The summed E-state index contributed by atoms with van der Waals surface area (Å²) in [4.78, 5) is 19.5. The summed E-state index contributed by atoms with van der Waals surface area (Å²) in [5.41, 5.74) is 2.29. The lowest BCUT2D eigenvalue weighted by atomic mass is 10.2. The molecule has 0 aliphatic carbocycles. The maximum absolute atomic E-state index is 13.8. The molecule has 30 heavy (non-hydrogen) atoms. The van der Waals surface area contributed by atoms with E-state index in [-0.39, 0.29) is 5.82 Å². The largest absolute Gasteiger partial charge is 0.453 e. The highest BCUT2D eigenvalue weighted by Gasteiger charge is 2.10. The third-order valence-electron chi connectivity index (χ3n) is 4.10. The van der Waals surface area contributed by atoms with Crippen molar-refractivity contribution in [2.75, 3.05) is 20.2 Å². The first-order valence-corrected chi connectivity index (χ1v) is 11.0. The lowest BCUT2D eigenvalue weighted by molar-refractivity contribution is 0.171. The number of aromatic amines is 1. The van der Waals surface area contributed by atoms with Crippen LogP contribution in [0.2, 0.25) is 5.02 Å². The van der Waals surface area contributed by atoms with Gasteiger partial charge in [-0.15, -0.1) is 0 Å². The van der Waals surface area contributed by atoms with Crippen molar-refractivity contribution < 1.29 is 13.9 Å². The average molecular weight is 514 g/mol. The monoisotopic (exact) mass is 512 g/mol. The number of carbonyl (C=O) groups excluding carboxylic acids is 1. The molecule has 0 saturated heterocycles. The summed E-state index contributed by atoms with van der Waals surface area (Å²) in [6, 6.07) is 10.5. The van der Waals surface area contributed by atoms with Crippen molar-refractivity contribution in [1.82, 2.24) is 20.0 Å². The van der Waals surface area contributed by atoms with Crippen LogP contribution in [0.4, 0.5) is 9.18 Å². The minimum atomic E-state index is -0.443. The number of nitrogens with one attached hydrogen (secondary N) is 3. The molecule has 0 atom stereocenters. The molecule has 158 valence electrons. The molecule has 0 aliphatic heterocycles. The maximum atomic E-state index is 13.8. The number of rotatable bonds is 8. The fraction of sp³-hybridized carbons (Fsp3) is 0.200. The Hall–Kier alpha value is -2.07. The van der Waals surface area contributed by atoms with Crippen LogP contribution in [0.25, 0.3) is 22.6 Å². The number of benzene rings is 2. The van der Waals surface area contributed by atoms with Crippen LogP contribution in [0.15, 0.2) is 52.0 Å². The van der Waals surface area contributed by atoms with Crippen LogP contribution in [0, 0.1) is 5.82 Å². The number of carbonyl (C=O) groups is 1. The third-order valence-corrected chi connectivity index (χ3v) is 6.09. The summed E-state index contributed by atoms with van der Waals surface area (Å²) in [6.07, 6.45) is 1.97. The van der Waals surface area contributed by atoms with Crippen LogP contribution >= 0.6 is 39.5 Å². The van der Waals surface area contributed by atoms with Crippen LogP contribution < -0.4 is 10.0 Å². The maximum Gasteiger partial charge on any atom is 0.406 e. The number of methoxy groups -OCH3 is 1. The van der Waals surface area contributed by atoms with Crippen LogP contribution in [0.1, 0.15) is 6.42 Å². The lowest BCUT2D eigenvalue weighted by Crippen LogP contribution is -2.25. The van der Waals surface area contributed by atoms with Crippen molar-refractivity contribution >= 4 is 45.6 Å². The second-order valence-corrected chi connectivity index (χ2v) is 8.38. The quantitative estimate of drug-likeness (QED) is 0.268. The second-order valence-electron chi connectivity index (χ2n) is 6.19. The van der Waals surface area contributed by atoms with E-state index >= 15 is 0 Å². The van der Waals surface area contributed by atoms with E-state index < -0.39 is 6.09 Å². The molecule has 3 aromatic rings. The minimum Gasteiger partial charge on any atom is -0.453 e. The van der Waals surface area contributed by atoms with Crippen LogP contribution in [-0.4, -0.2) is 36.3 Å². The first-order valence-electron chi connectivity index (χ1n) is 9.00. The van der Waals surface area contributed by atoms with E-state index in [1.807, 2.05) is 18.2 Å². The van der Waals surface area contributed by atoms with Gasteiger partial charge in [0, 0.05) is 29.1 Å². The van der Waals surface area contributed by atoms with Gasteiger partial charge in [-0.2, -0.15) is 0 Å². The topological polar surface area (TPSA) is 79.0 Å². The highest BCUT2D eigenvalue weighted by molar-refractivity contribution is 9.10. The number of imidazole rings is 1. The van der Waals surface area contributed by atoms with Gasteiger partial charge in [0.05, 0.1) is 28.5 Å². The summed E-state index contributed by atoms with van der Waals surface area (Å²) >= 11 is 10.9. The lowest BCUT2D eigenvalue weighted by Gasteiger charge is -2.08. The molecule has 10 heteroatoms. The predicted octanol–water partition coefficient (Wildman–Crippen LogP) is 5.64. The van der Waals surface area contributed by atoms with E-state index in [4.69, 9.17) is 11.6 Å². The number of halogens is 3. The molecule has 0 saturated carbocycles. The van der Waals surface area contributed by atoms with Crippen molar-refractivity contribution in [1.29, 1.82) is 0 Å². The van der Waals surface area contributed by atoms with Gasteiger partial charge in [0.1, 0.15) is 11.6 Å². The summed E-state index contributed by atoms with van der Waals surface area (Å²) < 4.78 is 22.0. The number of nitrogens with zero attached hydrogens (tertiary/aromatic N) is 1. The molecule has 1 aromatic heterocycles. The van der Waals surface area contributed by atoms with Crippen LogP contribution in [-0.2, 0) is 4.74 Å². The smallest absolute Gasteiger partial charge is 0.406 e. The van der Waals surface area contributed by atoms with Gasteiger partial charge in [-0.3, -0.25) is 4.72 Å². The number of hydrogen-bond acceptors (Lipinski definition) is 5. The van der Waals surface area contributed by atoms with Gasteiger partial charge in [0.2, 0.25) is 0 Å². The Labute approximate surface area is 191 Å². The van der Waals surface area contributed by atoms with Gasteiger partial charge < -0.3 is 15.0 Å². The van der Waals surface area contributed by atoms with Gasteiger partial charge in [-0.05, 0) is 64.6 Å². The molecule has 6 nitrogen and oxygen atoms in total. The Morgan fingerprint density at radius 1 is 1.27 bits per heavy atom. The van der Waals surface area contributed by atoms with E-state index in [0.717, 1.165) is 22.6 Å². The number of ether oxygens (including phenoxy) is 1. The van der Waals surface area contributed by atoms with Crippen molar-refractivity contribution in [3.05, 3.63) is 57.9 Å². The SMILES string of the molecule is COC(=O)NCCCNSc1cc(-c2ncc(-c3ccc(Br)c(F)c3)[nH]2)ccc1Cl. The van der Waals surface area contributed by atoms with Crippen molar-refractivity contribution in [2.24, 2.45) is 0 Å². The summed E-state index contributed by atoms with van der Waals surface area (Å²) in [5, 5.41) is 3.24. The number of aromatic nitrogens is 2. The van der Waals surface area contributed by atoms with Gasteiger partial charge in [-0.1, -0.05) is 17.7 Å². The van der Waals surface area contributed by atoms with E-state index in [2.05, 4.69) is 40.7 Å². The molecular formula is C20H19BrClFN4O2S. The first kappa shape index (κ1) is 22.6. The molecule has 2 aromatic carbocycles. The summed E-state index contributed by atoms with van der Waals surface area (Å²) in [6.45, 7) is 1.19. The molecule has 0 radical (unpaired) electrons. The highest BCUT2D eigenvalue weighted by atomic mass is 79.9. The van der Waals surface area contributed by atoms with Crippen molar-refractivity contribution in [2.45, 2.75) is 11.3 Å². The molecule has 1 amide bonds. The fourth-order valence-corrected chi connectivity index (χ4v) is 3.79. The molecular weight excluding hydrogens is 495 g/mol. The molecule has 3 rings (SSSR count). The van der Waals surface area contributed by atoms with E-state index in [0.29, 0.717) is 34.0 Å². The normalized spacial score (nSPS) is 10.8. The van der Waals surface area contributed by atoms with E-state index in [9.17, 15) is 9.18 Å². The predicted molar refractivity (Wildman–Crippen MR) is 121 cm³/mol. The van der Waals surface area contributed by atoms with Crippen LogP contribution in [0.5, 0.6) is 0 Å². The zero-order valence-corrected chi connectivity index (χ0v) is 19.1. The van der Waals surface area contributed by atoms with Crippen LogP contribution in [0.3, 0.4) is 0 Å². The zero-order chi connectivity index (χ0) is 21.5. The number of amides is 1. The molecule has 0 unspecified atom stereocenters. The minimum absolute atomic E-state index is 0.332. The molecule has 3 N–H and O–H groups in total. The van der Waals surface area contributed by atoms with Gasteiger partial charge in [-0.25, -0.2) is 14.2 Å². The number of hydrogen-bond donors (Lipinski definition) is 3. The van der Waals surface area contributed by atoms with Crippen molar-refractivity contribution in [3.8, 4) is 22.6 Å². The Balaban J connectivity index is 1.63. The van der Waals surface area contributed by atoms with Crippen molar-refractivity contribution in [3.63, 3.8) is 0 Å². The summed E-state index contributed by atoms with van der Waals surface area (Å²) in [5.74, 6) is 0.329. The molecule has 0 spiro atoms. The standard InChI is InChI=1S/C20H19BrClFN4O2S/c1-29-20(28)24-7-2-8-26-30-18-10-13(4-6-15(18)22)19-25-11-17(27-19)12-3-5-14(21)16(23)9-12/h3-6,9-11,26H,2,7-8H2,1H3,(H,24,28)(H,25,27).